The van der Waals surface area contributed by atoms with Crippen molar-refractivity contribution in [2.75, 3.05) is 11.9 Å². The molecule has 2 heterocycles. The van der Waals surface area contributed by atoms with Gasteiger partial charge in [0.25, 0.3) is 0 Å². The van der Waals surface area contributed by atoms with Crippen molar-refractivity contribution in [3.05, 3.63) is 89.5 Å². The Hall–Kier alpha value is -3.14. The van der Waals surface area contributed by atoms with Crippen LogP contribution in [0.3, 0.4) is 0 Å². The van der Waals surface area contributed by atoms with E-state index in [1.54, 1.807) is 0 Å². The monoisotopic (exact) mass is 356 g/mol. The largest absolute Gasteiger partial charge is 0.368 e. The smallest absolute Gasteiger partial charge is 0.133 e. The first kappa shape index (κ1) is 17.3. The second-order valence-corrected chi connectivity index (χ2v) is 6.84. The molecule has 0 unspecified atom stereocenters. The van der Waals surface area contributed by atoms with Crippen molar-refractivity contribution in [3.8, 4) is 0 Å². The van der Waals surface area contributed by atoms with Crippen LogP contribution in [0.15, 0.2) is 66.9 Å². The molecule has 2 aromatic carbocycles. The van der Waals surface area contributed by atoms with Gasteiger partial charge in [-0.1, -0.05) is 48.5 Å². The maximum absolute atomic E-state index is 4.68. The van der Waals surface area contributed by atoms with Gasteiger partial charge in [-0.2, -0.15) is 0 Å². The Morgan fingerprint density at radius 2 is 1.67 bits per heavy atom. The number of aryl methyl sites for hydroxylation is 2. The maximum Gasteiger partial charge on any atom is 0.133 e. The molecule has 0 saturated carbocycles. The Morgan fingerprint density at radius 3 is 2.52 bits per heavy atom. The van der Waals surface area contributed by atoms with Crippen LogP contribution in [0, 0.1) is 13.8 Å². The van der Waals surface area contributed by atoms with Gasteiger partial charge in [0.1, 0.15) is 11.6 Å². The van der Waals surface area contributed by atoms with E-state index in [1.165, 1.54) is 22.0 Å². The fourth-order valence-corrected chi connectivity index (χ4v) is 3.52. The summed E-state index contributed by atoms with van der Waals surface area (Å²) in [5, 5.41) is 4.82. The van der Waals surface area contributed by atoms with Crippen molar-refractivity contribution in [3.63, 3.8) is 0 Å². The average Bonchev–Trinajstić information content (AvgIpc) is 3.08. The van der Waals surface area contributed by atoms with E-state index in [-0.39, 0.29) is 0 Å². The zero-order valence-corrected chi connectivity index (χ0v) is 15.8. The van der Waals surface area contributed by atoms with E-state index in [2.05, 4.69) is 87.6 Å². The maximum atomic E-state index is 4.68. The zero-order chi connectivity index (χ0) is 18.6. The molecule has 0 spiro atoms. The van der Waals surface area contributed by atoms with Crippen LogP contribution in [0.1, 0.15) is 22.6 Å². The van der Waals surface area contributed by atoms with Gasteiger partial charge >= 0.3 is 0 Å². The molecule has 0 saturated heterocycles. The highest BCUT2D eigenvalue weighted by Gasteiger charge is 2.11. The molecule has 0 aliphatic heterocycles. The first-order chi connectivity index (χ1) is 13.2. The summed E-state index contributed by atoms with van der Waals surface area (Å²) in [7, 11) is 0. The molecule has 0 aliphatic rings. The van der Waals surface area contributed by atoms with Crippen molar-refractivity contribution < 1.29 is 0 Å². The number of para-hydroxylation sites is 1. The standard InChI is InChI=1S/C23H24N4/c1-17-21(16-19-8-4-3-5-9-19)23(26-18(2)25-17)24-13-15-27-14-12-20-10-6-7-11-22(20)27/h3-12,14H,13,15-16H2,1-2H3,(H,24,25,26). The van der Waals surface area contributed by atoms with Crippen molar-refractivity contribution >= 4 is 16.7 Å². The third-order valence-corrected chi connectivity index (χ3v) is 4.87. The predicted octanol–water partition coefficient (Wildman–Crippen LogP) is 4.75. The van der Waals surface area contributed by atoms with Crippen LogP contribution in [0.25, 0.3) is 10.9 Å². The molecule has 0 aliphatic carbocycles. The highest BCUT2D eigenvalue weighted by Crippen LogP contribution is 2.21. The van der Waals surface area contributed by atoms with Crippen LogP contribution in [0.5, 0.6) is 0 Å². The Morgan fingerprint density at radius 1 is 0.889 bits per heavy atom. The number of nitrogens with one attached hydrogen (secondary N) is 1. The second kappa shape index (κ2) is 7.62. The van der Waals surface area contributed by atoms with Gasteiger partial charge in [-0.25, -0.2) is 9.97 Å². The summed E-state index contributed by atoms with van der Waals surface area (Å²) in [5.74, 6) is 1.75. The van der Waals surface area contributed by atoms with E-state index < -0.39 is 0 Å². The van der Waals surface area contributed by atoms with Gasteiger partial charge in [0.15, 0.2) is 0 Å². The summed E-state index contributed by atoms with van der Waals surface area (Å²) >= 11 is 0. The zero-order valence-electron chi connectivity index (χ0n) is 15.8. The lowest BCUT2D eigenvalue weighted by molar-refractivity contribution is 0.752. The third kappa shape index (κ3) is 3.85. The summed E-state index contributed by atoms with van der Waals surface area (Å²) in [4.78, 5) is 9.25. The molecule has 1 N–H and O–H groups in total. The minimum atomic E-state index is 0.804. The van der Waals surface area contributed by atoms with E-state index in [9.17, 15) is 0 Å². The van der Waals surface area contributed by atoms with Crippen LogP contribution in [-0.4, -0.2) is 21.1 Å². The molecule has 27 heavy (non-hydrogen) atoms. The molecular formula is C23H24N4. The van der Waals surface area contributed by atoms with E-state index in [0.717, 1.165) is 36.8 Å². The summed E-state index contributed by atoms with van der Waals surface area (Å²) in [6.45, 7) is 5.72. The highest BCUT2D eigenvalue weighted by molar-refractivity contribution is 5.79. The van der Waals surface area contributed by atoms with Crippen LogP contribution < -0.4 is 5.32 Å². The first-order valence-electron chi connectivity index (χ1n) is 9.36. The molecule has 0 fully saturated rings. The van der Waals surface area contributed by atoms with Crippen LogP contribution in [-0.2, 0) is 13.0 Å². The lowest BCUT2D eigenvalue weighted by Gasteiger charge is -2.15. The van der Waals surface area contributed by atoms with Crippen molar-refractivity contribution in [2.45, 2.75) is 26.8 Å². The van der Waals surface area contributed by atoms with Crippen molar-refractivity contribution in [1.82, 2.24) is 14.5 Å². The molecule has 2 aromatic heterocycles. The van der Waals surface area contributed by atoms with Gasteiger partial charge in [-0.3, -0.25) is 0 Å². The number of hydrogen-bond donors (Lipinski definition) is 1. The number of nitrogens with zero attached hydrogens (tertiary/aromatic N) is 3. The lowest BCUT2D eigenvalue weighted by atomic mass is 10.0. The number of rotatable bonds is 6. The summed E-state index contributed by atoms with van der Waals surface area (Å²) < 4.78 is 2.28. The highest BCUT2D eigenvalue weighted by atomic mass is 15.1. The Bertz CT molecular complexity index is 1050. The predicted molar refractivity (Wildman–Crippen MR) is 111 cm³/mol. The van der Waals surface area contributed by atoms with Crippen LogP contribution >= 0.6 is 0 Å². The SMILES string of the molecule is Cc1nc(C)c(Cc2ccccc2)c(NCCn2ccc3ccccc32)n1. The second-order valence-electron chi connectivity index (χ2n) is 6.84. The fourth-order valence-electron chi connectivity index (χ4n) is 3.52. The van der Waals surface area contributed by atoms with Gasteiger partial charge in [0, 0.05) is 42.5 Å². The molecule has 136 valence electrons. The van der Waals surface area contributed by atoms with Crippen LogP contribution in [0.2, 0.25) is 0 Å². The molecule has 4 rings (SSSR count). The Balaban J connectivity index is 1.52. The first-order valence-corrected chi connectivity index (χ1v) is 9.36. The van der Waals surface area contributed by atoms with Gasteiger partial charge in [-0.05, 0) is 36.9 Å². The van der Waals surface area contributed by atoms with E-state index in [1.807, 2.05) is 13.0 Å². The number of anilines is 1. The fraction of sp³-hybridized carbons (Fsp3) is 0.217. The quantitative estimate of drug-likeness (QED) is 0.542. The average molecular weight is 356 g/mol. The van der Waals surface area contributed by atoms with Crippen molar-refractivity contribution in [1.29, 1.82) is 0 Å². The summed E-state index contributed by atoms with van der Waals surface area (Å²) in [6, 6.07) is 21.1. The molecule has 0 atom stereocenters. The number of hydrogen-bond acceptors (Lipinski definition) is 3. The lowest BCUT2D eigenvalue weighted by Crippen LogP contribution is -2.14. The summed E-state index contributed by atoms with van der Waals surface area (Å²) in [6.07, 6.45) is 2.98. The molecule has 4 aromatic rings. The Labute approximate surface area is 159 Å². The van der Waals surface area contributed by atoms with Crippen LogP contribution in [0.4, 0.5) is 5.82 Å². The minimum Gasteiger partial charge on any atom is -0.368 e. The topological polar surface area (TPSA) is 42.7 Å². The molecule has 4 nitrogen and oxygen atoms in total. The minimum absolute atomic E-state index is 0.804. The van der Waals surface area contributed by atoms with E-state index >= 15 is 0 Å². The Kier molecular flexibility index (Phi) is 4.88. The molecule has 4 heteroatoms. The molecule has 0 bridgehead atoms. The summed E-state index contributed by atoms with van der Waals surface area (Å²) in [5.41, 5.74) is 4.75. The van der Waals surface area contributed by atoms with Gasteiger partial charge in [0.05, 0.1) is 0 Å². The number of benzene rings is 2. The number of aromatic nitrogens is 3. The van der Waals surface area contributed by atoms with Gasteiger partial charge in [-0.15, -0.1) is 0 Å². The van der Waals surface area contributed by atoms with Crippen molar-refractivity contribution in [2.24, 2.45) is 0 Å². The molecule has 0 amide bonds. The molecular weight excluding hydrogens is 332 g/mol. The van der Waals surface area contributed by atoms with Gasteiger partial charge < -0.3 is 9.88 Å². The number of fused-ring (bicyclic) bond motifs is 1. The molecule has 0 radical (unpaired) electrons. The van der Waals surface area contributed by atoms with E-state index in [4.69, 9.17) is 0 Å². The van der Waals surface area contributed by atoms with Gasteiger partial charge in [0.2, 0.25) is 0 Å². The van der Waals surface area contributed by atoms with E-state index in [0.29, 0.717) is 0 Å². The normalized spacial score (nSPS) is 11.0. The third-order valence-electron chi connectivity index (χ3n) is 4.87.